The Morgan fingerprint density at radius 1 is 1.61 bits per heavy atom. The Labute approximate surface area is 104 Å². The summed E-state index contributed by atoms with van der Waals surface area (Å²) in [5.74, 6) is 0. The summed E-state index contributed by atoms with van der Waals surface area (Å²) < 4.78 is 32.3. The zero-order valence-corrected chi connectivity index (χ0v) is 10.5. The van der Waals surface area contributed by atoms with Crippen LogP contribution in [0.3, 0.4) is 0 Å². The lowest BCUT2D eigenvalue weighted by Gasteiger charge is -2.30. The monoisotopic (exact) mass is 272 g/mol. The van der Waals surface area contributed by atoms with Crippen molar-refractivity contribution in [2.45, 2.75) is 11.2 Å². The molecule has 0 bridgehead atoms. The van der Waals surface area contributed by atoms with Gasteiger partial charge < -0.3 is 9.30 Å². The van der Waals surface area contributed by atoms with Crippen molar-refractivity contribution in [3.63, 3.8) is 0 Å². The molecule has 1 saturated heterocycles. The van der Waals surface area contributed by atoms with Crippen molar-refractivity contribution in [2.24, 2.45) is 12.0 Å². The maximum absolute atomic E-state index is 12.3. The fraction of sp³-hybridized carbons (Fsp3) is 0.556. The molecule has 1 aromatic heterocycles. The molecule has 9 heteroatoms. The van der Waals surface area contributed by atoms with Gasteiger partial charge in [0.2, 0.25) is 6.08 Å². The Morgan fingerprint density at radius 3 is 3.00 bits per heavy atom. The molecule has 0 aromatic carbocycles. The number of sulfonamides is 1. The number of isocyanates is 1. The number of hydrogen-bond acceptors (Lipinski definition) is 6. The van der Waals surface area contributed by atoms with E-state index < -0.39 is 16.2 Å². The van der Waals surface area contributed by atoms with E-state index in [1.165, 1.54) is 23.2 Å². The summed E-state index contributed by atoms with van der Waals surface area (Å²) in [6.45, 7) is 0.437. The van der Waals surface area contributed by atoms with Crippen LogP contribution >= 0.6 is 0 Å². The highest BCUT2D eigenvalue weighted by atomic mass is 32.2. The Kier molecular flexibility index (Phi) is 3.58. The molecule has 0 radical (unpaired) electrons. The van der Waals surface area contributed by atoms with E-state index in [-0.39, 0.29) is 24.8 Å². The number of nitrogens with zero attached hydrogens (tertiary/aromatic N) is 4. The van der Waals surface area contributed by atoms with E-state index in [0.29, 0.717) is 0 Å². The number of aryl methyl sites for hydroxylation is 1. The molecule has 1 unspecified atom stereocenters. The molecule has 0 amide bonds. The van der Waals surface area contributed by atoms with Crippen LogP contribution in [-0.4, -0.2) is 54.3 Å². The summed E-state index contributed by atoms with van der Waals surface area (Å²) >= 11 is 0. The number of hydrogen-bond donors (Lipinski definition) is 0. The summed E-state index contributed by atoms with van der Waals surface area (Å²) in [7, 11) is -2.09. The average molecular weight is 272 g/mol. The third-order valence-electron chi connectivity index (χ3n) is 2.51. The van der Waals surface area contributed by atoms with Gasteiger partial charge >= 0.3 is 0 Å². The van der Waals surface area contributed by atoms with Crippen LogP contribution in [-0.2, 0) is 26.6 Å². The standard InChI is InChI=1S/C9H12N4O4S/c1-12-4-9(10-6-12)18(15,16)13-2-3-17-5-8(13)11-7-14/h4,6,8H,2-3,5H2,1H3. The minimum absolute atomic E-state index is 0.0430. The molecule has 1 aromatic rings. The van der Waals surface area contributed by atoms with Crippen molar-refractivity contribution in [3.8, 4) is 0 Å². The van der Waals surface area contributed by atoms with Gasteiger partial charge in [0.15, 0.2) is 11.2 Å². The molecule has 18 heavy (non-hydrogen) atoms. The lowest BCUT2D eigenvalue weighted by Crippen LogP contribution is -2.47. The Bertz CT molecular complexity index is 575. The summed E-state index contributed by atoms with van der Waals surface area (Å²) in [4.78, 5) is 17.6. The van der Waals surface area contributed by atoms with E-state index in [1.807, 2.05) is 0 Å². The second-order valence-corrected chi connectivity index (χ2v) is 5.61. The number of rotatable bonds is 3. The number of aromatic nitrogens is 2. The summed E-state index contributed by atoms with van der Waals surface area (Å²) in [6.07, 6.45) is 3.28. The molecular formula is C9H12N4O4S. The van der Waals surface area contributed by atoms with E-state index >= 15 is 0 Å². The van der Waals surface area contributed by atoms with Gasteiger partial charge in [-0.15, -0.1) is 0 Å². The van der Waals surface area contributed by atoms with E-state index in [1.54, 1.807) is 7.05 Å². The topological polar surface area (TPSA) is 93.9 Å². The van der Waals surface area contributed by atoms with Gasteiger partial charge in [0, 0.05) is 19.8 Å². The first-order valence-electron chi connectivity index (χ1n) is 5.20. The van der Waals surface area contributed by atoms with Crippen LogP contribution in [0.2, 0.25) is 0 Å². The third-order valence-corrected chi connectivity index (χ3v) is 4.29. The van der Waals surface area contributed by atoms with Gasteiger partial charge in [-0.3, -0.25) is 0 Å². The van der Waals surface area contributed by atoms with E-state index in [0.717, 1.165) is 4.31 Å². The van der Waals surface area contributed by atoms with Crippen LogP contribution < -0.4 is 0 Å². The van der Waals surface area contributed by atoms with E-state index in [4.69, 9.17) is 4.74 Å². The van der Waals surface area contributed by atoms with Gasteiger partial charge in [0.05, 0.1) is 19.5 Å². The highest BCUT2D eigenvalue weighted by Crippen LogP contribution is 2.19. The molecule has 1 aliphatic rings. The van der Waals surface area contributed by atoms with Crippen LogP contribution in [0.15, 0.2) is 22.5 Å². The van der Waals surface area contributed by atoms with Crippen LogP contribution in [0.5, 0.6) is 0 Å². The van der Waals surface area contributed by atoms with Gasteiger partial charge in [-0.1, -0.05) is 0 Å². The van der Waals surface area contributed by atoms with Crippen molar-refractivity contribution >= 4 is 16.1 Å². The minimum atomic E-state index is -3.76. The molecule has 0 N–H and O–H groups in total. The number of morpholine rings is 1. The number of carbonyl (C=O) groups excluding carboxylic acids is 1. The van der Waals surface area contributed by atoms with Crippen molar-refractivity contribution < 1.29 is 17.9 Å². The second kappa shape index (κ2) is 4.99. The number of ether oxygens (including phenoxy) is 1. The fourth-order valence-corrected chi connectivity index (χ4v) is 3.12. The lowest BCUT2D eigenvalue weighted by atomic mass is 10.4. The van der Waals surface area contributed by atoms with Crippen molar-refractivity contribution in [1.82, 2.24) is 13.9 Å². The van der Waals surface area contributed by atoms with Gasteiger partial charge in [0.25, 0.3) is 10.0 Å². The first-order valence-corrected chi connectivity index (χ1v) is 6.64. The van der Waals surface area contributed by atoms with Crippen molar-refractivity contribution in [3.05, 3.63) is 12.5 Å². The quantitative estimate of drug-likeness (QED) is 0.525. The molecule has 98 valence electrons. The molecular weight excluding hydrogens is 260 g/mol. The zero-order valence-electron chi connectivity index (χ0n) is 9.68. The maximum atomic E-state index is 12.3. The van der Waals surface area contributed by atoms with Gasteiger partial charge in [-0.2, -0.15) is 9.30 Å². The van der Waals surface area contributed by atoms with E-state index in [2.05, 4.69) is 9.98 Å². The minimum Gasteiger partial charge on any atom is -0.376 e. The summed E-state index contributed by atoms with van der Waals surface area (Å²) in [5, 5.41) is -0.0713. The third kappa shape index (κ3) is 2.34. The summed E-state index contributed by atoms with van der Waals surface area (Å²) in [5.41, 5.74) is 0. The molecule has 8 nitrogen and oxygen atoms in total. The molecule has 0 aliphatic carbocycles. The average Bonchev–Trinajstić information content (AvgIpc) is 2.78. The largest absolute Gasteiger partial charge is 0.376 e. The highest BCUT2D eigenvalue weighted by Gasteiger charge is 2.35. The molecule has 1 fully saturated rings. The molecule has 0 saturated carbocycles. The lowest BCUT2D eigenvalue weighted by molar-refractivity contribution is 0.0358. The van der Waals surface area contributed by atoms with Crippen LogP contribution in [0.4, 0.5) is 0 Å². The number of aliphatic imine (C=N–C) groups is 1. The Balaban J connectivity index is 2.35. The second-order valence-electron chi connectivity index (χ2n) is 3.77. The van der Waals surface area contributed by atoms with Crippen LogP contribution in [0.25, 0.3) is 0 Å². The first-order chi connectivity index (χ1) is 8.55. The molecule has 1 atom stereocenters. The fourth-order valence-electron chi connectivity index (χ4n) is 1.66. The molecule has 0 spiro atoms. The van der Waals surface area contributed by atoms with Crippen molar-refractivity contribution in [1.29, 1.82) is 0 Å². The van der Waals surface area contributed by atoms with Crippen LogP contribution in [0, 0.1) is 0 Å². The van der Waals surface area contributed by atoms with Gasteiger partial charge in [-0.25, -0.2) is 18.2 Å². The highest BCUT2D eigenvalue weighted by molar-refractivity contribution is 7.89. The summed E-state index contributed by atoms with van der Waals surface area (Å²) in [6, 6.07) is 0. The molecule has 1 aliphatic heterocycles. The van der Waals surface area contributed by atoms with Gasteiger partial charge in [-0.05, 0) is 0 Å². The molecule has 2 rings (SSSR count). The SMILES string of the molecule is Cn1cnc(S(=O)(=O)N2CCOCC2N=C=O)c1. The first kappa shape index (κ1) is 12.9. The molecule has 2 heterocycles. The zero-order chi connectivity index (χ0) is 13.2. The van der Waals surface area contributed by atoms with Crippen LogP contribution in [0.1, 0.15) is 0 Å². The Morgan fingerprint density at radius 2 is 2.39 bits per heavy atom. The maximum Gasteiger partial charge on any atom is 0.264 e. The normalized spacial score (nSPS) is 21.5. The predicted molar refractivity (Wildman–Crippen MR) is 59.8 cm³/mol. The predicted octanol–water partition coefficient (Wildman–Crippen LogP) is -0.897. The Hall–Kier alpha value is -1.54. The smallest absolute Gasteiger partial charge is 0.264 e. The van der Waals surface area contributed by atoms with Gasteiger partial charge in [0.1, 0.15) is 0 Å². The number of imidazole rings is 1. The van der Waals surface area contributed by atoms with E-state index in [9.17, 15) is 13.2 Å². The van der Waals surface area contributed by atoms with Crippen molar-refractivity contribution in [2.75, 3.05) is 19.8 Å².